The fourth-order valence-corrected chi connectivity index (χ4v) is 2.91. The summed E-state index contributed by atoms with van der Waals surface area (Å²) in [6.45, 7) is 7.64. The number of carbonyl (C=O) groups excluding carboxylic acids is 1. The minimum atomic E-state index is -0.450. The van der Waals surface area contributed by atoms with Crippen molar-refractivity contribution in [2.75, 3.05) is 19.1 Å². The van der Waals surface area contributed by atoms with Crippen LogP contribution >= 0.6 is 11.6 Å². The van der Waals surface area contributed by atoms with E-state index in [4.69, 9.17) is 16.0 Å². The zero-order valence-electron chi connectivity index (χ0n) is 17.1. The van der Waals surface area contributed by atoms with Gasteiger partial charge >= 0.3 is 6.03 Å². The first kappa shape index (κ1) is 21.9. The van der Waals surface area contributed by atoms with E-state index in [-0.39, 0.29) is 6.03 Å². The lowest BCUT2D eigenvalue weighted by molar-refractivity contribution is 0.238. The van der Waals surface area contributed by atoms with Crippen LogP contribution in [0.3, 0.4) is 0 Å². The Morgan fingerprint density at radius 3 is 2.77 bits per heavy atom. The number of carbonyl (C=O) groups is 1. The standard InChI is InChI=1S/C20H24ClFN6O2/c1-4-27(12-21)11-17-25-18(15-6-5-14(22)10-23-15)19(30-17)16-7-8-28(26-16)20(29)24-9-13(2)3/h5-8,10,13H,4,9,11-12H2,1-3H3,(H,24,29). The Labute approximate surface area is 179 Å². The molecular weight excluding hydrogens is 411 g/mol. The highest BCUT2D eigenvalue weighted by Gasteiger charge is 2.22. The number of amides is 1. The average Bonchev–Trinajstić information content (AvgIpc) is 3.38. The Balaban J connectivity index is 1.95. The zero-order chi connectivity index (χ0) is 21.7. The van der Waals surface area contributed by atoms with Gasteiger partial charge in [-0.1, -0.05) is 20.8 Å². The highest BCUT2D eigenvalue weighted by Crippen LogP contribution is 2.31. The van der Waals surface area contributed by atoms with Gasteiger partial charge in [0.05, 0.1) is 24.4 Å². The maximum absolute atomic E-state index is 13.3. The third kappa shape index (κ3) is 5.22. The van der Waals surface area contributed by atoms with Gasteiger partial charge < -0.3 is 9.73 Å². The number of hydrogen-bond donors (Lipinski definition) is 1. The number of alkyl halides is 1. The van der Waals surface area contributed by atoms with Crippen molar-refractivity contribution in [3.63, 3.8) is 0 Å². The van der Waals surface area contributed by atoms with Crippen molar-refractivity contribution in [3.8, 4) is 22.8 Å². The van der Waals surface area contributed by atoms with E-state index in [1.54, 1.807) is 12.3 Å². The van der Waals surface area contributed by atoms with E-state index in [9.17, 15) is 9.18 Å². The molecule has 0 fully saturated rings. The van der Waals surface area contributed by atoms with E-state index in [1.807, 2.05) is 25.7 Å². The van der Waals surface area contributed by atoms with Crippen molar-refractivity contribution in [1.82, 2.24) is 30.0 Å². The summed E-state index contributed by atoms with van der Waals surface area (Å²) < 4.78 is 20.5. The molecule has 0 aliphatic rings. The van der Waals surface area contributed by atoms with E-state index < -0.39 is 5.82 Å². The molecular formula is C20H24ClFN6O2. The fourth-order valence-electron chi connectivity index (χ4n) is 2.66. The molecule has 0 bridgehead atoms. The average molecular weight is 435 g/mol. The van der Waals surface area contributed by atoms with Crippen molar-refractivity contribution in [3.05, 3.63) is 42.3 Å². The number of pyridine rings is 1. The molecule has 0 aliphatic heterocycles. The fraction of sp³-hybridized carbons (Fsp3) is 0.400. The molecule has 0 radical (unpaired) electrons. The monoisotopic (exact) mass is 434 g/mol. The normalized spacial score (nSPS) is 11.4. The maximum atomic E-state index is 13.3. The molecule has 10 heteroatoms. The summed E-state index contributed by atoms with van der Waals surface area (Å²) in [6, 6.07) is 4.46. The lowest BCUT2D eigenvalue weighted by Gasteiger charge is -2.13. The molecule has 0 aromatic carbocycles. The summed E-state index contributed by atoms with van der Waals surface area (Å²) in [5, 5.41) is 7.13. The second-order valence-corrected chi connectivity index (χ2v) is 7.38. The minimum absolute atomic E-state index is 0.320. The molecule has 0 saturated heterocycles. The van der Waals surface area contributed by atoms with Gasteiger partial charge in [0.2, 0.25) is 5.89 Å². The third-order valence-electron chi connectivity index (χ3n) is 4.31. The van der Waals surface area contributed by atoms with Gasteiger partial charge in [-0.3, -0.25) is 9.88 Å². The van der Waals surface area contributed by atoms with Crippen LogP contribution in [0.15, 0.2) is 35.0 Å². The molecule has 8 nitrogen and oxygen atoms in total. The summed E-state index contributed by atoms with van der Waals surface area (Å²) in [7, 11) is 0. The Kier molecular flexibility index (Phi) is 7.17. The van der Waals surface area contributed by atoms with Gasteiger partial charge in [0.15, 0.2) is 5.76 Å². The Bertz CT molecular complexity index is 982. The molecule has 0 spiro atoms. The van der Waals surface area contributed by atoms with Crippen LogP contribution < -0.4 is 5.32 Å². The van der Waals surface area contributed by atoms with Crippen LogP contribution in [0.1, 0.15) is 26.7 Å². The van der Waals surface area contributed by atoms with E-state index in [0.717, 1.165) is 12.7 Å². The van der Waals surface area contributed by atoms with Gasteiger partial charge in [-0.2, -0.15) is 9.78 Å². The molecule has 0 unspecified atom stereocenters. The Hall–Kier alpha value is -2.78. The Morgan fingerprint density at radius 2 is 2.13 bits per heavy atom. The van der Waals surface area contributed by atoms with E-state index >= 15 is 0 Å². The van der Waals surface area contributed by atoms with Crippen LogP contribution in [0.5, 0.6) is 0 Å². The number of halogens is 2. The first-order chi connectivity index (χ1) is 14.4. The molecule has 1 amide bonds. The second kappa shape index (κ2) is 9.82. The number of hydrogen-bond acceptors (Lipinski definition) is 6. The van der Waals surface area contributed by atoms with E-state index in [1.165, 1.54) is 16.8 Å². The van der Waals surface area contributed by atoms with Crippen molar-refractivity contribution in [2.45, 2.75) is 27.3 Å². The van der Waals surface area contributed by atoms with Gasteiger partial charge in [0.1, 0.15) is 17.2 Å². The number of aromatic nitrogens is 4. The van der Waals surface area contributed by atoms with Crippen LogP contribution in [0.25, 0.3) is 22.8 Å². The molecule has 3 aromatic rings. The van der Waals surface area contributed by atoms with Gasteiger partial charge in [-0.25, -0.2) is 14.2 Å². The van der Waals surface area contributed by atoms with Gasteiger partial charge in [-0.05, 0) is 30.7 Å². The zero-order valence-corrected chi connectivity index (χ0v) is 17.9. The summed E-state index contributed by atoms with van der Waals surface area (Å²) in [5.74, 6) is 0.646. The van der Waals surface area contributed by atoms with Gasteiger partial charge in [0, 0.05) is 12.7 Å². The summed E-state index contributed by atoms with van der Waals surface area (Å²) >= 11 is 5.95. The molecule has 1 N–H and O–H groups in total. The van der Waals surface area contributed by atoms with Crippen molar-refractivity contribution < 1.29 is 13.6 Å². The first-order valence-electron chi connectivity index (χ1n) is 9.65. The number of nitrogens with zero attached hydrogens (tertiary/aromatic N) is 5. The predicted octanol–water partition coefficient (Wildman–Crippen LogP) is 3.97. The first-order valence-corrected chi connectivity index (χ1v) is 10.2. The summed E-state index contributed by atoms with van der Waals surface area (Å²) in [4.78, 5) is 22.9. The molecule has 0 aliphatic carbocycles. The molecule has 3 rings (SSSR count). The topological polar surface area (TPSA) is 89.1 Å². The molecule has 30 heavy (non-hydrogen) atoms. The Morgan fingerprint density at radius 1 is 1.33 bits per heavy atom. The van der Waals surface area contributed by atoms with E-state index in [2.05, 4.69) is 20.4 Å². The number of oxazole rings is 1. The van der Waals surface area contributed by atoms with Crippen molar-refractivity contribution >= 4 is 17.6 Å². The SMILES string of the molecule is CCN(CCl)Cc1nc(-c2ccc(F)cn2)c(-c2ccn(C(=O)NCC(C)C)n2)o1. The molecule has 0 saturated carbocycles. The van der Waals surface area contributed by atoms with Crippen LogP contribution in [0, 0.1) is 11.7 Å². The van der Waals surface area contributed by atoms with Gasteiger partial charge in [0.25, 0.3) is 0 Å². The second-order valence-electron chi connectivity index (χ2n) is 7.14. The molecule has 0 atom stereocenters. The quantitative estimate of drug-likeness (QED) is 0.426. The van der Waals surface area contributed by atoms with Crippen molar-refractivity contribution in [1.29, 1.82) is 0 Å². The predicted molar refractivity (Wildman–Crippen MR) is 111 cm³/mol. The largest absolute Gasteiger partial charge is 0.437 e. The van der Waals surface area contributed by atoms with Crippen LogP contribution in [0.4, 0.5) is 9.18 Å². The molecule has 160 valence electrons. The number of nitrogens with one attached hydrogen (secondary N) is 1. The highest BCUT2D eigenvalue weighted by atomic mass is 35.5. The van der Waals surface area contributed by atoms with Gasteiger partial charge in [-0.15, -0.1) is 11.6 Å². The van der Waals surface area contributed by atoms with Crippen LogP contribution in [-0.2, 0) is 6.54 Å². The van der Waals surface area contributed by atoms with Crippen molar-refractivity contribution in [2.24, 2.45) is 5.92 Å². The molecule has 3 aromatic heterocycles. The summed E-state index contributed by atoms with van der Waals surface area (Å²) in [6.07, 6.45) is 2.66. The van der Waals surface area contributed by atoms with E-state index in [0.29, 0.717) is 53.7 Å². The number of rotatable bonds is 8. The maximum Gasteiger partial charge on any atom is 0.342 e. The highest BCUT2D eigenvalue weighted by molar-refractivity contribution is 6.17. The van der Waals surface area contributed by atoms with Crippen LogP contribution in [-0.4, -0.2) is 49.8 Å². The smallest absolute Gasteiger partial charge is 0.342 e. The lowest BCUT2D eigenvalue weighted by atomic mass is 10.2. The third-order valence-corrected chi connectivity index (χ3v) is 4.65. The lowest BCUT2D eigenvalue weighted by Crippen LogP contribution is -2.31. The minimum Gasteiger partial charge on any atom is -0.437 e. The molecule has 3 heterocycles. The summed E-state index contributed by atoms with van der Waals surface area (Å²) in [5.41, 5.74) is 1.28. The van der Waals surface area contributed by atoms with Crippen LogP contribution in [0.2, 0.25) is 0 Å².